The molecule has 0 aliphatic carbocycles. The van der Waals surface area contributed by atoms with E-state index in [2.05, 4.69) is 81.5 Å². The zero-order valence-corrected chi connectivity index (χ0v) is 44.4. The first kappa shape index (κ1) is 64.1. The van der Waals surface area contributed by atoms with Gasteiger partial charge in [-0.15, -0.1) is 0 Å². The van der Waals surface area contributed by atoms with Crippen LogP contribution in [-0.2, 0) is 28.6 Å². The van der Waals surface area contributed by atoms with Gasteiger partial charge < -0.3 is 14.2 Å². The molecule has 0 aliphatic rings. The zero-order chi connectivity index (χ0) is 48.6. The fourth-order valence-corrected chi connectivity index (χ4v) is 8.15. The molecule has 6 heteroatoms. The molecule has 0 fully saturated rings. The highest BCUT2D eigenvalue weighted by molar-refractivity contribution is 5.71. The number of allylic oxidation sites excluding steroid dienone is 10. The van der Waals surface area contributed by atoms with Crippen molar-refractivity contribution in [3.63, 3.8) is 0 Å². The molecule has 0 amide bonds. The summed E-state index contributed by atoms with van der Waals surface area (Å²) in [6.07, 6.45) is 69.2. The van der Waals surface area contributed by atoms with Crippen LogP contribution in [0.4, 0.5) is 0 Å². The molecule has 6 nitrogen and oxygen atoms in total. The molecule has 1 atom stereocenters. The standard InChI is InChI=1S/C61H108O6/c1-4-7-10-13-16-19-22-25-28-30-31-34-36-39-42-45-48-51-54-60(63)66-57-58(56-65-59(62)53-50-47-44-41-38-35-32-27-24-21-18-15-12-9-6-3)67-61(64)55-52-49-46-43-40-37-33-29-26-23-20-17-14-11-8-5-2/h9,12,18,21,27-30,32-33,58H,4-8,10-11,13-17,19-20,22-26,31,34-57H2,1-3H3/b12-9-,21-18-,30-28-,32-27-,33-29-. The molecule has 0 N–H and O–H groups in total. The Morgan fingerprint density at radius 1 is 0.313 bits per heavy atom. The number of esters is 3. The van der Waals surface area contributed by atoms with Gasteiger partial charge >= 0.3 is 17.9 Å². The fourth-order valence-electron chi connectivity index (χ4n) is 8.15. The van der Waals surface area contributed by atoms with Crippen LogP contribution in [0.1, 0.15) is 290 Å². The van der Waals surface area contributed by atoms with Crippen molar-refractivity contribution < 1.29 is 28.6 Å². The van der Waals surface area contributed by atoms with Crippen molar-refractivity contribution in [2.45, 2.75) is 297 Å². The van der Waals surface area contributed by atoms with Crippen molar-refractivity contribution in [1.29, 1.82) is 0 Å². The van der Waals surface area contributed by atoms with Crippen molar-refractivity contribution in [3.8, 4) is 0 Å². The summed E-state index contributed by atoms with van der Waals surface area (Å²) in [6.45, 7) is 6.52. The molecule has 67 heavy (non-hydrogen) atoms. The van der Waals surface area contributed by atoms with E-state index in [0.717, 1.165) is 109 Å². The van der Waals surface area contributed by atoms with Crippen LogP contribution >= 0.6 is 0 Å². The summed E-state index contributed by atoms with van der Waals surface area (Å²) in [4.78, 5) is 38.1. The monoisotopic (exact) mass is 937 g/mol. The van der Waals surface area contributed by atoms with Gasteiger partial charge in [0, 0.05) is 19.3 Å². The van der Waals surface area contributed by atoms with Gasteiger partial charge in [-0.2, -0.15) is 0 Å². The Kier molecular flexibility index (Phi) is 53.3. The van der Waals surface area contributed by atoms with E-state index < -0.39 is 6.10 Å². The lowest BCUT2D eigenvalue weighted by molar-refractivity contribution is -0.167. The van der Waals surface area contributed by atoms with Crippen LogP contribution in [0.25, 0.3) is 0 Å². The smallest absolute Gasteiger partial charge is 0.306 e. The Morgan fingerprint density at radius 3 is 0.925 bits per heavy atom. The molecule has 0 aliphatic heterocycles. The van der Waals surface area contributed by atoms with Crippen molar-refractivity contribution >= 4 is 17.9 Å². The first-order chi connectivity index (χ1) is 33.0. The SMILES string of the molecule is CC/C=C\C/C=C\C/C=C\CCCCCCCC(=O)OCC(COC(=O)CCCCCCCCC/C=C\CCCCCCCCC)OC(=O)CCCCCCC/C=C\CCCCCCCCC. The Bertz CT molecular complexity index is 1210. The minimum atomic E-state index is -0.787. The van der Waals surface area contributed by atoms with E-state index in [9.17, 15) is 14.4 Å². The minimum absolute atomic E-state index is 0.0845. The van der Waals surface area contributed by atoms with Crippen molar-refractivity contribution in [2.75, 3.05) is 13.2 Å². The lowest BCUT2D eigenvalue weighted by Crippen LogP contribution is -2.30. The molecule has 0 aromatic heterocycles. The second-order valence-corrected chi connectivity index (χ2v) is 19.2. The molecule has 0 bridgehead atoms. The molecule has 0 aromatic rings. The van der Waals surface area contributed by atoms with Gasteiger partial charge in [-0.25, -0.2) is 0 Å². The first-order valence-electron chi connectivity index (χ1n) is 28.8. The summed E-state index contributed by atoms with van der Waals surface area (Å²) in [5.74, 6) is -0.904. The van der Waals surface area contributed by atoms with Crippen LogP contribution in [0.5, 0.6) is 0 Å². The van der Waals surface area contributed by atoms with E-state index in [1.54, 1.807) is 0 Å². The van der Waals surface area contributed by atoms with Gasteiger partial charge in [0.15, 0.2) is 6.10 Å². The predicted octanol–water partition coefficient (Wildman–Crippen LogP) is 19.2. The van der Waals surface area contributed by atoms with Gasteiger partial charge in [0.05, 0.1) is 0 Å². The molecule has 388 valence electrons. The highest BCUT2D eigenvalue weighted by Gasteiger charge is 2.19. The summed E-state index contributed by atoms with van der Waals surface area (Å²) >= 11 is 0. The van der Waals surface area contributed by atoms with Crippen LogP contribution in [-0.4, -0.2) is 37.2 Å². The number of carbonyl (C=O) groups is 3. The molecule has 0 radical (unpaired) electrons. The van der Waals surface area contributed by atoms with Gasteiger partial charge in [0.25, 0.3) is 0 Å². The topological polar surface area (TPSA) is 78.9 Å². The second kappa shape index (κ2) is 55.7. The number of hydrogen-bond donors (Lipinski definition) is 0. The Morgan fingerprint density at radius 2 is 0.582 bits per heavy atom. The molecule has 0 rings (SSSR count). The average Bonchev–Trinajstić information content (AvgIpc) is 3.33. The van der Waals surface area contributed by atoms with Gasteiger partial charge in [-0.3, -0.25) is 14.4 Å². The number of unbranched alkanes of at least 4 members (excludes halogenated alkanes) is 31. The van der Waals surface area contributed by atoms with Gasteiger partial charge in [-0.05, 0) is 103 Å². The van der Waals surface area contributed by atoms with Crippen molar-refractivity contribution in [1.82, 2.24) is 0 Å². The highest BCUT2D eigenvalue weighted by atomic mass is 16.6. The Labute approximate surface area is 415 Å². The third-order valence-electron chi connectivity index (χ3n) is 12.5. The minimum Gasteiger partial charge on any atom is -0.462 e. The van der Waals surface area contributed by atoms with Crippen molar-refractivity contribution in [3.05, 3.63) is 60.8 Å². The van der Waals surface area contributed by atoms with Crippen molar-refractivity contribution in [2.24, 2.45) is 0 Å². The lowest BCUT2D eigenvalue weighted by Gasteiger charge is -2.18. The molecule has 0 heterocycles. The number of hydrogen-bond acceptors (Lipinski definition) is 6. The maximum absolute atomic E-state index is 12.8. The van der Waals surface area contributed by atoms with Gasteiger partial charge in [-0.1, -0.05) is 229 Å². The molecular weight excluding hydrogens is 829 g/mol. The summed E-state index contributed by atoms with van der Waals surface area (Å²) in [5.41, 5.74) is 0. The third kappa shape index (κ3) is 53.9. The number of ether oxygens (including phenoxy) is 3. The van der Waals surface area contributed by atoms with E-state index in [1.165, 1.54) is 141 Å². The number of rotatable bonds is 52. The number of carbonyl (C=O) groups excluding carboxylic acids is 3. The van der Waals surface area contributed by atoms with Crippen LogP contribution in [0.2, 0.25) is 0 Å². The molecule has 0 aromatic carbocycles. The van der Waals surface area contributed by atoms with Crippen LogP contribution in [0.3, 0.4) is 0 Å². The predicted molar refractivity (Wildman–Crippen MR) is 288 cm³/mol. The van der Waals surface area contributed by atoms with E-state index in [0.29, 0.717) is 19.3 Å². The maximum atomic E-state index is 12.8. The zero-order valence-electron chi connectivity index (χ0n) is 44.4. The average molecular weight is 938 g/mol. The summed E-state index contributed by atoms with van der Waals surface area (Å²) in [5, 5.41) is 0. The Balaban J connectivity index is 4.40. The Hall–Kier alpha value is -2.89. The lowest BCUT2D eigenvalue weighted by atomic mass is 10.1. The first-order valence-corrected chi connectivity index (χ1v) is 28.8. The maximum Gasteiger partial charge on any atom is 0.306 e. The molecule has 0 saturated carbocycles. The summed E-state index contributed by atoms with van der Waals surface area (Å²) < 4.78 is 16.9. The van der Waals surface area contributed by atoms with Gasteiger partial charge in [0.2, 0.25) is 0 Å². The molecule has 1 unspecified atom stereocenters. The van der Waals surface area contributed by atoms with Crippen LogP contribution < -0.4 is 0 Å². The van der Waals surface area contributed by atoms with Gasteiger partial charge in [0.1, 0.15) is 13.2 Å². The van der Waals surface area contributed by atoms with E-state index in [-0.39, 0.29) is 31.1 Å². The van der Waals surface area contributed by atoms with E-state index in [1.807, 2.05) is 0 Å². The second-order valence-electron chi connectivity index (χ2n) is 19.2. The fraction of sp³-hybridized carbons (Fsp3) is 0.787. The molecule has 0 spiro atoms. The molecule has 0 saturated heterocycles. The van der Waals surface area contributed by atoms with E-state index >= 15 is 0 Å². The van der Waals surface area contributed by atoms with Crippen LogP contribution in [0.15, 0.2) is 60.8 Å². The highest BCUT2D eigenvalue weighted by Crippen LogP contribution is 2.15. The quantitative estimate of drug-likeness (QED) is 0.0262. The normalized spacial score (nSPS) is 12.5. The molecular formula is C61H108O6. The summed E-state index contributed by atoms with van der Waals surface area (Å²) in [6, 6.07) is 0. The van der Waals surface area contributed by atoms with Crippen LogP contribution in [0, 0.1) is 0 Å². The third-order valence-corrected chi connectivity index (χ3v) is 12.5. The largest absolute Gasteiger partial charge is 0.462 e. The van der Waals surface area contributed by atoms with E-state index in [4.69, 9.17) is 14.2 Å². The summed E-state index contributed by atoms with van der Waals surface area (Å²) in [7, 11) is 0.